The van der Waals surface area contributed by atoms with Crippen molar-refractivity contribution in [3.63, 3.8) is 0 Å². The van der Waals surface area contributed by atoms with Crippen LogP contribution in [-0.2, 0) is 6.42 Å². The highest BCUT2D eigenvalue weighted by molar-refractivity contribution is 5.94. The number of hydrogen-bond donors (Lipinski definition) is 2. The van der Waals surface area contributed by atoms with Gasteiger partial charge in [0.2, 0.25) is 22.9 Å². The van der Waals surface area contributed by atoms with Crippen molar-refractivity contribution >= 4 is 43.6 Å². The second kappa shape index (κ2) is 9.95. The molecule has 0 atom stereocenters. The number of benzene rings is 4. The first-order chi connectivity index (χ1) is 21.2. The first-order valence-corrected chi connectivity index (χ1v) is 14.1. The minimum atomic E-state index is 0.479. The molecule has 0 aliphatic carbocycles. The molecule has 43 heavy (non-hydrogen) atoms. The van der Waals surface area contributed by atoms with Gasteiger partial charge < -0.3 is 18.8 Å². The third-order valence-corrected chi connectivity index (χ3v) is 7.91. The van der Waals surface area contributed by atoms with Crippen molar-refractivity contribution in [1.82, 2.24) is 19.9 Å². The van der Waals surface area contributed by atoms with Gasteiger partial charge in [-0.2, -0.15) is 0 Å². The summed E-state index contributed by atoms with van der Waals surface area (Å²) in [6.07, 6.45) is 0.559. The number of rotatable bonds is 4. The van der Waals surface area contributed by atoms with Crippen LogP contribution in [0.4, 0.5) is 0 Å². The van der Waals surface area contributed by atoms with Crippen molar-refractivity contribution in [3.05, 3.63) is 119 Å². The molecule has 0 fully saturated rings. The van der Waals surface area contributed by atoms with Gasteiger partial charge >= 0.3 is 0 Å². The van der Waals surface area contributed by atoms with Crippen molar-refractivity contribution < 1.29 is 8.83 Å². The van der Waals surface area contributed by atoms with E-state index in [4.69, 9.17) is 18.8 Å². The van der Waals surface area contributed by atoms with Gasteiger partial charge in [0.25, 0.3) is 0 Å². The fraction of sp³-hybridized carbons (Fsp3) is 0.0857. The summed E-state index contributed by atoms with van der Waals surface area (Å²) < 4.78 is 12.7. The van der Waals surface area contributed by atoms with Crippen LogP contribution in [0.15, 0.2) is 116 Å². The van der Waals surface area contributed by atoms with Crippen LogP contribution in [0.1, 0.15) is 11.1 Å². The van der Waals surface area contributed by atoms with Gasteiger partial charge in [0.1, 0.15) is 11.4 Å². The van der Waals surface area contributed by atoms with E-state index in [1.807, 2.05) is 72.8 Å². The summed E-state index contributed by atoms with van der Waals surface area (Å²) >= 11 is 0. The van der Waals surface area contributed by atoms with Crippen LogP contribution < -0.4 is 11.1 Å². The number of aromatic nitrogens is 4. The van der Waals surface area contributed by atoms with Crippen molar-refractivity contribution in [2.24, 2.45) is 9.98 Å². The third-order valence-electron chi connectivity index (χ3n) is 7.91. The van der Waals surface area contributed by atoms with Gasteiger partial charge in [-0.15, -0.1) is 0 Å². The van der Waals surface area contributed by atoms with Crippen LogP contribution in [-0.4, -0.2) is 34.0 Å². The third kappa shape index (κ3) is 4.06. The Morgan fingerprint density at radius 2 is 0.930 bits per heavy atom. The zero-order chi connectivity index (χ0) is 28.9. The van der Waals surface area contributed by atoms with Crippen molar-refractivity contribution in [2.75, 3.05) is 14.1 Å². The number of nitrogens with zero attached hydrogens (tertiary/aromatic N) is 4. The monoisotopic (exact) mass is 562 g/mol. The molecule has 0 aliphatic heterocycles. The molecule has 0 saturated heterocycles. The lowest BCUT2D eigenvalue weighted by Crippen LogP contribution is -2.07. The number of hydrogen-bond acceptors (Lipinski definition) is 6. The fourth-order valence-electron chi connectivity index (χ4n) is 5.92. The molecule has 4 aromatic carbocycles. The van der Waals surface area contributed by atoms with E-state index in [0.29, 0.717) is 29.3 Å². The van der Waals surface area contributed by atoms with Crippen LogP contribution in [0.25, 0.3) is 66.8 Å². The predicted octanol–water partition coefficient (Wildman–Crippen LogP) is 6.92. The molecule has 8 nitrogen and oxygen atoms in total. The summed E-state index contributed by atoms with van der Waals surface area (Å²) in [7, 11) is 3.46. The highest BCUT2D eigenvalue weighted by Crippen LogP contribution is 2.37. The topological polar surface area (TPSA) is 108 Å². The average molecular weight is 563 g/mol. The summed E-state index contributed by atoms with van der Waals surface area (Å²) in [6, 6.07) is 32.3. The molecule has 0 saturated carbocycles. The van der Waals surface area contributed by atoms with E-state index >= 15 is 0 Å². The smallest absolute Gasteiger partial charge is 0.245 e. The number of aromatic amines is 2. The molecule has 0 unspecified atom stereocenters. The molecule has 4 heterocycles. The maximum Gasteiger partial charge on any atom is 0.245 e. The number of fused-ring (bicyclic) bond motifs is 4. The van der Waals surface area contributed by atoms with Crippen LogP contribution >= 0.6 is 0 Å². The predicted molar refractivity (Wildman–Crippen MR) is 168 cm³/mol. The molecule has 0 radical (unpaired) electrons. The zero-order valence-electron chi connectivity index (χ0n) is 23.6. The standard InChI is InChI=1S/C35H26N6O2/c1-36-32-22-13-5-9-17-28(22)40-34(42-32)30-24(20-11-3-7-15-26(20)38-30)19-25-21-12-4-8-16-27(21)39-31(25)35-41-29-18-10-6-14-23(29)33(37-2)43-35/h3-18,38-39H,19H2,1-2H3/b36-32+,37-33+. The molecule has 2 N–H and O–H groups in total. The molecule has 0 spiro atoms. The van der Waals surface area contributed by atoms with Gasteiger partial charge in [-0.3, -0.25) is 9.98 Å². The van der Waals surface area contributed by atoms with E-state index in [0.717, 1.165) is 66.1 Å². The highest BCUT2D eigenvalue weighted by atomic mass is 16.4. The molecular weight excluding hydrogens is 536 g/mol. The molecule has 0 aliphatic rings. The van der Waals surface area contributed by atoms with Gasteiger partial charge in [-0.05, 0) is 47.5 Å². The SMILES string of the molecule is C/N=c1/oc(-c2[nH]c3ccccc3c2Cc2c(-c3nc4ccccc4/c(=N\C)o3)[nH]c3ccccc23)nc2ccccc12. The van der Waals surface area contributed by atoms with Crippen molar-refractivity contribution in [1.29, 1.82) is 0 Å². The van der Waals surface area contributed by atoms with E-state index in [9.17, 15) is 0 Å². The van der Waals surface area contributed by atoms with Gasteiger partial charge in [0.15, 0.2) is 0 Å². The van der Waals surface area contributed by atoms with Crippen LogP contribution in [0.2, 0.25) is 0 Å². The second-order valence-electron chi connectivity index (χ2n) is 10.4. The molecule has 4 aromatic heterocycles. The lowest BCUT2D eigenvalue weighted by atomic mass is 9.98. The van der Waals surface area contributed by atoms with Crippen LogP contribution in [0, 0.1) is 0 Å². The molecule has 208 valence electrons. The highest BCUT2D eigenvalue weighted by Gasteiger charge is 2.23. The Morgan fingerprint density at radius 1 is 0.535 bits per heavy atom. The van der Waals surface area contributed by atoms with Crippen LogP contribution in [0.3, 0.4) is 0 Å². The summed E-state index contributed by atoms with van der Waals surface area (Å²) in [4.78, 5) is 25.9. The van der Waals surface area contributed by atoms with E-state index < -0.39 is 0 Å². The Labute approximate surface area is 245 Å². The Bertz CT molecular complexity index is 2300. The maximum absolute atomic E-state index is 6.34. The molecule has 8 heteroatoms. The first-order valence-electron chi connectivity index (χ1n) is 14.1. The summed E-state index contributed by atoms with van der Waals surface area (Å²) in [5.41, 5.74) is 8.41. The van der Waals surface area contributed by atoms with Crippen molar-refractivity contribution in [2.45, 2.75) is 6.42 Å². The number of nitrogens with one attached hydrogen (secondary N) is 2. The van der Waals surface area contributed by atoms with Crippen molar-refractivity contribution in [3.8, 4) is 23.2 Å². The molecule has 0 bridgehead atoms. The number of H-pyrrole nitrogens is 2. The minimum absolute atomic E-state index is 0.479. The quantitative estimate of drug-likeness (QED) is 0.243. The van der Waals surface area contributed by atoms with Gasteiger partial charge in [0, 0.05) is 42.3 Å². The second-order valence-corrected chi connectivity index (χ2v) is 10.4. The maximum atomic E-state index is 6.34. The summed E-state index contributed by atoms with van der Waals surface area (Å²) in [5.74, 6) is 0.958. The summed E-state index contributed by atoms with van der Waals surface area (Å²) in [6.45, 7) is 0. The van der Waals surface area contributed by atoms with E-state index in [2.05, 4.69) is 44.2 Å². The lowest BCUT2D eigenvalue weighted by Gasteiger charge is -2.08. The largest absolute Gasteiger partial charge is 0.418 e. The van der Waals surface area contributed by atoms with Gasteiger partial charge in [0.05, 0.1) is 21.8 Å². The molecule has 8 aromatic rings. The van der Waals surface area contributed by atoms with Crippen LogP contribution in [0.5, 0.6) is 0 Å². The number of para-hydroxylation sites is 4. The van der Waals surface area contributed by atoms with Gasteiger partial charge in [-0.1, -0.05) is 60.7 Å². The minimum Gasteiger partial charge on any atom is -0.418 e. The van der Waals surface area contributed by atoms with Gasteiger partial charge in [-0.25, -0.2) is 9.97 Å². The van der Waals surface area contributed by atoms with E-state index in [-0.39, 0.29) is 0 Å². The molecule has 8 rings (SSSR count). The Hall–Kier alpha value is -5.76. The summed E-state index contributed by atoms with van der Waals surface area (Å²) in [5, 5.41) is 3.90. The Morgan fingerprint density at radius 3 is 1.37 bits per heavy atom. The Balaban J connectivity index is 1.39. The molecule has 0 amide bonds. The normalized spacial score (nSPS) is 12.8. The zero-order valence-corrected chi connectivity index (χ0v) is 23.6. The van der Waals surface area contributed by atoms with E-state index in [1.165, 1.54) is 0 Å². The molecular formula is C35H26N6O2. The average Bonchev–Trinajstić information content (AvgIpc) is 3.62. The Kier molecular flexibility index (Phi) is 5.78. The van der Waals surface area contributed by atoms with E-state index in [1.54, 1.807) is 14.1 Å². The lowest BCUT2D eigenvalue weighted by molar-refractivity contribution is 0.500. The fourth-order valence-corrected chi connectivity index (χ4v) is 5.92. The first kappa shape index (κ1) is 25.0.